The number of rotatable bonds is 8. The van der Waals surface area contributed by atoms with E-state index in [4.69, 9.17) is 32.7 Å². The minimum atomic E-state index is -0.407. The van der Waals surface area contributed by atoms with Gasteiger partial charge in [-0.2, -0.15) is 0 Å². The smallest absolute Gasteiger partial charge is 0.311 e. The molecule has 0 amide bonds. The Balaban J connectivity index is 2.63. The van der Waals surface area contributed by atoms with Gasteiger partial charge in [0.2, 0.25) is 0 Å². The van der Waals surface area contributed by atoms with Crippen molar-refractivity contribution in [2.75, 3.05) is 11.8 Å². The van der Waals surface area contributed by atoms with Crippen molar-refractivity contribution < 1.29 is 19.1 Å². The van der Waals surface area contributed by atoms with E-state index in [1.807, 2.05) is 0 Å². The van der Waals surface area contributed by atoms with Gasteiger partial charge in [0.15, 0.2) is 11.5 Å². The Morgan fingerprint density at radius 1 is 0.850 bits per heavy atom. The largest absolute Gasteiger partial charge is 0.423 e. The number of carbonyl (C=O) groups excluding carboxylic acids is 2. The lowest BCUT2D eigenvalue weighted by atomic mass is 10.3. The number of carbonyl (C=O) groups is 2. The van der Waals surface area contributed by atoms with Crippen molar-refractivity contribution >= 4 is 35.1 Å². The maximum absolute atomic E-state index is 11.5. The van der Waals surface area contributed by atoms with Crippen LogP contribution in [0.5, 0.6) is 11.5 Å². The Bertz CT molecular complexity index is 408. The highest BCUT2D eigenvalue weighted by molar-refractivity contribution is 6.18. The van der Waals surface area contributed by atoms with Crippen molar-refractivity contribution in [3.63, 3.8) is 0 Å². The third-order valence-corrected chi connectivity index (χ3v) is 2.86. The van der Waals surface area contributed by atoms with Crippen LogP contribution in [0.2, 0.25) is 0 Å². The topological polar surface area (TPSA) is 52.6 Å². The Labute approximate surface area is 128 Å². The van der Waals surface area contributed by atoms with Crippen LogP contribution >= 0.6 is 23.2 Å². The Morgan fingerprint density at radius 2 is 1.25 bits per heavy atom. The molecule has 0 heterocycles. The highest BCUT2D eigenvalue weighted by Gasteiger charge is 2.12. The number of alkyl halides is 2. The molecule has 1 rings (SSSR count). The first-order chi connectivity index (χ1) is 9.67. The quantitative estimate of drug-likeness (QED) is 0.418. The molecule has 0 saturated heterocycles. The summed E-state index contributed by atoms with van der Waals surface area (Å²) in [5.41, 5.74) is 0. The number of hydrogen-bond donors (Lipinski definition) is 0. The Morgan fingerprint density at radius 3 is 1.60 bits per heavy atom. The van der Waals surface area contributed by atoms with Crippen LogP contribution in [0.15, 0.2) is 24.3 Å². The molecule has 0 radical (unpaired) electrons. The molecule has 1 aromatic rings. The lowest BCUT2D eigenvalue weighted by molar-refractivity contribution is -0.137. The van der Waals surface area contributed by atoms with Crippen molar-refractivity contribution in [3.05, 3.63) is 24.3 Å². The zero-order valence-corrected chi connectivity index (χ0v) is 12.5. The molecule has 1 aromatic carbocycles. The van der Waals surface area contributed by atoms with E-state index in [1.54, 1.807) is 24.3 Å². The second-order valence-electron chi connectivity index (χ2n) is 3.98. The molecule has 0 saturated carbocycles. The summed E-state index contributed by atoms with van der Waals surface area (Å²) in [6, 6.07) is 6.53. The summed E-state index contributed by atoms with van der Waals surface area (Å²) in [4.78, 5) is 23.1. The predicted octanol–water partition coefficient (Wildman–Crippen LogP) is 3.54. The summed E-state index contributed by atoms with van der Waals surface area (Å²) in [7, 11) is 0. The summed E-state index contributed by atoms with van der Waals surface area (Å²) in [5, 5.41) is 0. The van der Waals surface area contributed by atoms with Gasteiger partial charge in [0, 0.05) is 24.6 Å². The van der Waals surface area contributed by atoms with Crippen molar-refractivity contribution in [1.82, 2.24) is 0 Å². The van der Waals surface area contributed by atoms with E-state index in [9.17, 15) is 9.59 Å². The first kappa shape index (κ1) is 16.8. The fourth-order valence-electron chi connectivity index (χ4n) is 1.39. The number of benzene rings is 1. The van der Waals surface area contributed by atoms with Gasteiger partial charge in [-0.25, -0.2) is 0 Å². The monoisotopic (exact) mass is 318 g/mol. The van der Waals surface area contributed by atoms with Gasteiger partial charge in [-0.15, -0.1) is 23.2 Å². The van der Waals surface area contributed by atoms with Crippen molar-refractivity contribution in [2.24, 2.45) is 0 Å². The lowest BCUT2D eigenvalue weighted by Gasteiger charge is -2.09. The van der Waals surface area contributed by atoms with Crippen molar-refractivity contribution in [3.8, 4) is 11.5 Å². The molecular weight excluding hydrogens is 303 g/mol. The fraction of sp³-hybridized carbons (Fsp3) is 0.429. The van der Waals surface area contributed by atoms with Crippen LogP contribution in [0, 0.1) is 0 Å². The second kappa shape index (κ2) is 9.61. The predicted molar refractivity (Wildman–Crippen MR) is 77.6 cm³/mol. The van der Waals surface area contributed by atoms with Crippen LogP contribution < -0.4 is 9.47 Å². The molecule has 6 heteroatoms. The summed E-state index contributed by atoms with van der Waals surface area (Å²) >= 11 is 11.0. The molecule has 110 valence electrons. The van der Waals surface area contributed by atoms with Gasteiger partial charge in [-0.1, -0.05) is 12.1 Å². The van der Waals surface area contributed by atoms with Gasteiger partial charge < -0.3 is 9.47 Å². The fourth-order valence-corrected chi connectivity index (χ4v) is 1.66. The molecule has 0 bridgehead atoms. The lowest BCUT2D eigenvalue weighted by Crippen LogP contribution is -2.12. The average molecular weight is 319 g/mol. The van der Waals surface area contributed by atoms with E-state index in [0.717, 1.165) is 0 Å². The molecule has 0 aliphatic carbocycles. The SMILES string of the molecule is O=C(CCCCl)Oc1ccccc1OC(=O)CCCCl. The van der Waals surface area contributed by atoms with Crippen LogP contribution in [-0.4, -0.2) is 23.7 Å². The van der Waals surface area contributed by atoms with Crippen molar-refractivity contribution in [2.45, 2.75) is 25.7 Å². The van der Waals surface area contributed by atoms with Crippen LogP contribution in [0.4, 0.5) is 0 Å². The molecule has 20 heavy (non-hydrogen) atoms. The Kier molecular flexibility index (Phi) is 8.07. The number of ether oxygens (including phenoxy) is 2. The van der Waals surface area contributed by atoms with Gasteiger partial charge in [0.05, 0.1) is 0 Å². The zero-order valence-electron chi connectivity index (χ0n) is 10.9. The number of esters is 2. The van der Waals surface area contributed by atoms with Gasteiger partial charge in [0.1, 0.15) is 0 Å². The molecule has 0 spiro atoms. The van der Waals surface area contributed by atoms with E-state index < -0.39 is 11.9 Å². The molecule has 0 atom stereocenters. The highest BCUT2D eigenvalue weighted by atomic mass is 35.5. The number of hydrogen-bond acceptors (Lipinski definition) is 4. The van der Waals surface area contributed by atoms with E-state index in [0.29, 0.717) is 24.6 Å². The van der Waals surface area contributed by atoms with Gasteiger partial charge in [-0.05, 0) is 25.0 Å². The molecule has 0 fully saturated rings. The Hall–Kier alpha value is -1.26. The third-order valence-electron chi connectivity index (χ3n) is 2.33. The van der Waals surface area contributed by atoms with E-state index in [1.165, 1.54) is 0 Å². The standard InChI is InChI=1S/C14H16Cl2O4/c15-9-3-7-13(17)19-11-5-1-2-6-12(11)20-14(18)8-4-10-16/h1-2,5-6H,3-4,7-10H2. The molecule has 0 N–H and O–H groups in total. The molecule has 4 nitrogen and oxygen atoms in total. The van der Waals surface area contributed by atoms with Gasteiger partial charge in [0.25, 0.3) is 0 Å². The van der Waals surface area contributed by atoms with Crippen LogP contribution in [0.1, 0.15) is 25.7 Å². The first-order valence-corrected chi connectivity index (χ1v) is 7.36. The average Bonchev–Trinajstić information content (AvgIpc) is 2.45. The maximum atomic E-state index is 11.5. The first-order valence-electron chi connectivity index (χ1n) is 6.29. The normalized spacial score (nSPS) is 10.1. The molecule has 0 unspecified atom stereocenters. The second-order valence-corrected chi connectivity index (χ2v) is 4.74. The molecule has 0 aliphatic heterocycles. The minimum Gasteiger partial charge on any atom is -0.423 e. The van der Waals surface area contributed by atoms with E-state index >= 15 is 0 Å². The molecule has 0 aliphatic rings. The van der Waals surface area contributed by atoms with E-state index in [-0.39, 0.29) is 24.3 Å². The van der Waals surface area contributed by atoms with Crippen LogP contribution in [0.25, 0.3) is 0 Å². The molecular formula is C14H16Cl2O4. The van der Waals surface area contributed by atoms with Crippen LogP contribution in [-0.2, 0) is 9.59 Å². The number of halogens is 2. The summed E-state index contributed by atoms with van der Waals surface area (Å²) < 4.78 is 10.3. The highest BCUT2D eigenvalue weighted by Crippen LogP contribution is 2.27. The molecule has 0 aromatic heterocycles. The zero-order chi connectivity index (χ0) is 14.8. The summed E-state index contributed by atoms with van der Waals surface area (Å²) in [6.45, 7) is 0. The summed E-state index contributed by atoms with van der Waals surface area (Å²) in [5.74, 6) is 0.427. The van der Waals surface area contributed by atoms with Gasteiger partial charge in [-0.3, -0.25) is 9.59 Å². The third kappa shape index (κ3) is 6.26. The number of para-hydroxylation sites is 2. The summed E-state index contributed by atoms with van der Waals surface area (Å²) in [6.07, 6.45) is 1.52. The van der Waals surface area contributed by atoms with Crippen molar-refractivity contribution in [1.29, 1.82) is 0 Å². The maximum Gasteiger partial charge on any atom is 0.311 e. The van der Waals surface area contributed by atoms with Gasteiger partial charge >= 0.3 is 11.9 Å². The van der Waals surface area contributed by atoms with E-state index in [2.05, 4.69) is 0 Å². The van der Waals surface area contributed by atoms with Crippen LogP contribution in [0.3, 0.4) is 0 Å². The minimum absolute atomic E-state index is 0.220.